The Hall–Kier alpha value is -1.64. The Labute approximate surface area is 122 Å². The Balaban J connectivity index is 2.54. The van der Waals surface area contributed by atoms with E-state index in [0.717, 1.165) is 5.56 Å². The lowest BCUT2D eigenvalue weighted by Gasteiger charge is -2.33. The normalized spacial score (nSPS) is 19.3. The van der Waals surface area contributed by atoms with Crippen LogP contribution in [0.2, 0.25) is 0 Å². The van der Waals surface area contributed by atoms with Crippen LogP contribution in [-0.2, 0) is 12.1 Å². The molecule has 0 spiro atoms. The van der Waals surface area contributed by atoms with Crippen molar-refractivity contribution in [3.05, 3.63) is 71.8 Å². The minimum atomic E-state index is -2.92. The molecule has 0 saturated heterocycles. The molecule has 0 radical (unpaired) electrons. The largest absolute Gasteiger partial charge is 0.394 e. The number of benzene rings is 2. The summed E-state index contributed by atoms with van der Waals surface area (Å²) in [6.45, 7) is -3.48. The summed E-state index contributed by atoms with van der Waals surface area (Å²) in [6.07, 6.45) is -2.35. The lowest BCUT2D eigenvalue weighted by atomic mass is 9.87. The van der Waals surface area contributed by atoms with E-state index in [1.165, 1.54) is 0 Å². The highest BCUT2D eigenvalue weighted by Crippen LogP contribution is 2.24. The van der Waals surface area contributed by atoms with Gasteiger partial charge in [0, 0.05) is 10.7 Å². The highest BCUT2D eigenvalue weighted by atomic mass is 16.3. The smallest absolute Gasteiger partial charge is 0.0669 e. The maximum absolute atomic E-state index is 10.3. The molecule has 0 aliphatic rings. The fourth-order valence-electron chi connectivity index (χ4n) is 1.93. The van der Waals surface area contributed by atoms with Gasteiger partial charge >= 0.3 is 0 Å². The third kappa shape index (κ3) is 3.22. The molecule has 0 amide bonds. The van der Waals surface area contributed by atoms with E-state index in [4.69, 9.17) is 6.85 Å². The first-order valence-corrected chi connectivity index (χ1v) is 6.11. The van der Waals surface area contributed by atoms with Gasteiger partial charge in [-0.25, -0.2) is 0 Å². The topological polar surface area (TPSA) is 32.3 Å². The molecule has 0 bridgehead atoms. The molecule has 2 rings (SSSR count). The van der Waals surface area contributed by atoms with Gasteiger partial charge in [0.05, 0.1) is 14.8 Å². The van der Waals surface area contributed by atoms with E-state index in [9.17, 15) is 5.11 Å². The highest BCUT2D eigenvalue weighted by molar-refractivity contribution is 5.25. The van der Waals surface area contributed by atoms with Crippen molar-refractivity contribution < 1.29 is 12.0 Å². The number of aliphatic hydroxyl groups is 1. The Kier molecular flexibility index (Phi) is 2.91. The van der Waals surface area contributed by atoms with E-state index in [1.54, 1.807) is 30.3 Å². The molecule has 2 heteroatoms. The highest BCUT2D eigenvalue weighted by Gasteiger charge is 2.28. The molecule has 0 aliphatic carbocycles. The van der Waals surface area contributed by atoms with Crippen molar-refractivity contribution in [2.75, 3.05) is 6.56 Å². The molecule has 1 atom stereocenters. The van der Waals surface area contributed by atoms with Crippen molar-refractivity contribution in [2.24, 2.45) is 0 Å². The van der Waals surface area contributed by atoms with Gasteiger partial charge in [-0.15, -0.1) is 0 Å². The van der Waals surface area contributed by atoms with Gasteiger partial charge in [-0.3, -0.25) is 0 Å². The molecular formula is C17H21NO. The minimum Gasteiger partial charge on any atom is -0.394 e. The molecular weight excluding hydrogens is 234 g/mol. The molecule has 2 N–H and O–H groups in total. The van der Waals surface area contributed by atoms with Crippen LogP contribution in [0.5, 0.6) is 0 Å². The molecule has 2 aromatic carbocycles. The van der Waals surface area contributed by atoms with E-state index in [2.05, 4.69) is 5.32 Å². The third-order valence-electron chi connectivity index (χ3n) is 3.04. The van der Waals surface area contributed by atoms with Crippen LogP contribution in [0.25, 0.3) is 0 Å². The standard InChI is InChI=1S/C17H21NO/c1-2-17(14-19,16-11-7-4-8-12-16)18-13-15-9-5-3-6-10-15/h3-12,18-19H,2,13-14H2,1H3/i1D,2D2,14D2. The summed E-state index contributed by atoms with van der Waals surface area (Å²) in [5.41, 5.74) is -1.01. The van der Waals surface area contributed by atoms with Crippen LogP contribution in [0.4, 0.5) is 0 Å². The Bertz CT molecular complexity index is 645. The zero-order valence-corrected chi connectivity index (χ0v) is 10.6. The lowest BCUT2D eigenvalue weighted by molar-refractivity contribution is 0.154. The van der Waals surface area contributed by atoms with Crippen molar-refractivity contribution >= 4 is 0 Å². The summed E-state index contributed by atoms with van der Waals surface area (Å²) in [5, 5.41) is 13.2. The van der Waals surface area contributed by atoms with Gasteiger partial charge in [0.1, 0.15) is 0 Å². The summed E-state index contributed by atoms with van der Waals surface area (Å²) in [7, 11) is 0. The molecule has 1 unspecified atom stereocenters. The van der Waals surface area contributed by atoms with Gasteiger partial charge < -0.3 is 10.4 Å². The monoisotopic (exact) mass is 260 g/mol. The fraction of sp³-hybridized carbons (Fsp3) is 0.294. The molecule has 0 fully saturated rings. The van der Waals surface area contributed by atoms with Gasteiger partial charge in [-0.05, 0) is 17.5 Å². The molecule has 2 nitrogen and oxygen atoms in total. The lowest BCUT2D eigenvalue weighted by Crippen LogP contribution is -2.44. The summed E-state index contributed by atoms with van der Waals surface area (Å²) < 4.78 is 40.0. The zero-order valence-electron chi connectivity index (χ0n) is 15.6. The second-order valence-electron chi connectivity index (χ2n) is 4.24. The Morgan fingerprint density at radius 2 is 1.74 bits per heavy atom. The van der Waals surface area contributed by atoms with Crippen molar-refractivity contribution in [3.8, 4) is 0 Å². The van der Waals surface area contributed by atoms with Gasteiger partial charge in [0.25, 0.3) is 0 Å². The average molecular weight is 260 g/mol. The first-order chi connectivity index (χ1) is 11.2. The molecule has 100 valence electrons. The van der Waals surface area contributed by atoms with Crippen molar-refractivity contribution in [1.82, 2.24) is 5.32 Å². The van der Waals surface area contributed by atoms with E-state index >= 15 is 0 Å². The molecule has 0 heterocycles. The van der Waals surface area contributed by atoms with Crippen LogP contribution in [-0.4, -0.2) is 11.7 Å². The van der Waals surface area contributed by atoms with E-state index in [-0.39, 0.29) is 12.1 Å². The van der Waals surface area contributed by atoms with Crippen molar-refractivity contribution in [2.45, 2.75) is 25.4 Å². The molecule has 0 aromatic heterocycles. The number of hydrogen-bond donors (Lipinski definition) is 2. The maximum Gasteiger partial charge on any atom is 0.0669 e. The first kappa shape index (κ1) is 8.51. The molecule has 19 heavy (non-hydrogen) atoms. The summed E-state index contributed by atoms with van der Waals surface area (Å²) in [5.74, 6) is 0. The SMILES string of the molecule is [2H]CC([2H])([2H])C(NCc1ccccc1)(c1ccccc1)C([2H])([2H])O. The fourth-order valence-corrected chi connectivity index (χ4v) is 1.93. The Morgan fingerprint density at radius 3 is 2.32 bits per heavy atom. The van der Waals surface area contributed by atoms with E-state index in [0.29, 0.717) is 0 Å². The van der Waals surface area contributed by atoms with Gasteiger partial charge in [0.2, 0.25) is 0 Å². The predicted molar refractivity (Wildman–Crippen MR) is 78.8 cm³/mol. The second-order valence-corrected chi connectivity index (χ2v) is 4.24. The van der Waals surface area contributed by atoms with Crippen molar-refractivity contribution in [1.29, 1.82) is 0 Å². The number of rotatable bonds is 6. The van der Waals surface area contributed by atoms with E-state index < -0.39 is 25.4 Å². The van der Waals surface area contributed by atoms with Crippen LogP contribution in [0, 0.1) is 0 Å². The van der Waals surface area contributed by atoms with Gasteiger partial charge in [-0.1, -0.05) is 67.6 Å². The van der Waals surface area contributed by atoms with Crippen LogP contribution < -0.4 is 5.32 Å². The number of nitrogens with one attached hydrogen (secondary N) is 1. The van der Waals surface area contributed by atoms with Crippen LogP contribution in [0.1, 0.15) is 31.3 Å². The summed E-state index contributed by atoms with van der Waals surface area (Å²) >= 11 is 0. The van der Waals surface area contributed by atoms with E-state index in [1.807, 2.05) is 30.3 Å². The molecule has 2 aromatic rings. The summed E-state index contributed by atoms with van der Waals surface area (Å²) in [4.78, 5) is 0. The van der Waals surface area contributed by atoms with Crippen LogP contribution >= 0.6 is 0 Å². The predicted octanol–water partition coefficient (Wildman–Crippen LogP) is 3.07. The zero-order chi connectivity index (χ0) is 17.8. The molecule has 0 saturated carbocycles. The quantitative estimate of drug-likeness (QED) is 0.836. The van der Waals surface area contributed by atoms with Crippen molar-refractivity contribution in [3.63, 3.8) is 0 Å². The molecule has 0 aliphatic heterocycles. The number of hydrogen-bond acceptors (Lipinski definition) is 2. The second kappa shape index (κ2) is 6.50. The van der Waals surface area contributed by atoms with Gasteiger partial charge in [-0.2, -0.15) is 0 Å². The van der Waals surface area contributed by atoms with Crippen LogP contribution in [0.3, 0.4) is 0 Å². The average Bonchev–Trinajstić information content (AvgIpc) is 2.56. The third-order valence-corrected chi connectivity index (χ3v) is 3.04. The minimum absolute atomic E-state index is 0.148. The van der Waals surface area contributed by atoms with Crippen LogP contribution in [0.15, 0.2) is 60.7 Å². The maximum atomic E-state index is 10.3. The summed E-state index contributed by atoms with van der Waals surface area (Å²) in [6, 6.07) is 17.3. The Morgan fingerprint density at radius 1 is 1.11 bits per heavy atom. The van der Waals surface area contributed by atoms with Gasteiger partial charge in [0.15, 0.2) is 0 Å². The first-order valence-electron chi connectivity index (χ1n) is 8.81.